The molecule has 1 N–H and O–H groups in total. The topological polar surface area (TPSA) is 21.3 Å². The Morgan fingerprint density at radius 2 is 2.00 bits per heavy atom. The van der Waals surface area contributed by atoms with E-state index >= 15 is 0 Å². The van der Waals surface area contributed by atoms with Crippen LogP contribution in [0.15, 0.2) is 24.3 Å². The smallest absolute Gasteiger partial charge is 0.123 e. The summed E-state index contributed by atoms with van der Waals surface area (Å²) in [6.45, 7) is 10.0. The number of halogens is 1. The third kappa shape index (κ3) is 5.70. The summed E-state index contributed by atoms with van der Waals surface area (Å²) in [6, 6.07) is 6.87. The third-order valence-corrected chi connectivity index (χ3v) is 3.25. The molecule has 1 aromatic carbocycles. The molecule has 2 unspecified atom stereocenters. The summed E-state index contributed by atoms with van der Waals surface area (Å²) in [5.74, 6) is 0.402. The lowest BCUT2D eigenvalue weighted by atomic mass is 9.87. The average molecular weight is 267 g/mol. The maximum Gasteiger partial charge on any atom is 0.123 e. The molecule has 1 rings (SSSR count). The number of nitrogens with one attached hydrogen (secondary N) is 1. The van der Waals surface area contributed by atoms with Crippen LogP contribution in [0.4, 0.5) is 4.39 Å². The number of rotatable bonds is 6. The Hall–Kier alpha value is -0.930. The van der Waals surface area contributed by atoms with Gasteiger partial charge < -0.3 is 10.1 Å². The van der Waals surface area contributed by atoms with E-state index in [2.05, 4.69) is 33.0 Å². The Balaban J connectivity index is 2.85. The summed E-state index contributed by atoms with van der Waals surface area (Å²) in [6.07, 6.45) is 0. The normalized spacial score (nSPS) is 15.3. The van der Waals surface area contributed by atoms with Gasteiger partial charge in [-0.3, -0.25) is 0 Å². The first-order chi connectivity index (χ1) is 8.83. The summed E-state index contributed by atoms with van der Waals surface area (Å²) in [7, 11) is 1.70. The molecule has 0 bridgehead atoms. The highest BCUT2D eigenvalue weighted by Gasteiger charge is 2.22. The van der Waals surface area contributed by atoms with E-state index in [1.54, 1.807) is 19.2 Å². The van der Waals surface area contributed by atoms with E-state index in [-0.39, 0.29) is 17.3 Å². The Kier molecular flexibility index (Phi) is 5.95. The van der Waals surface area contributed by atoms with E-state index in [4.69, 9.17) is 4.74 Å². The summed E-state index contributed by atoms with van der Waals surface area (Å²) in [5, 5.41) is 3.50. The monoisotopic (exact) mass is 267 g/mol. The van der Waals surface area contributed by atoms with E-state index < -0.39 is 0 Å². The molecule has 0 saturated heterocycles. The molecular weight excluding hydrogens is 241 g/mol. The van der Waals surface area contributed by atoms with Crippen LogP contribution < -0.4 is 5.32 Å². The van der Waals surface area contributed by atoms with Crippen LogP contribution in [0.3, 0.4) is 0 Å². The first kappa shape index (κ1) is 16.1. The lowest BCUT2D eigenvalue weighted by Crippen LogP contribution is -2.40. The van der Waals surface area contributed by atoms with E-state index in [1.807, 2.05) is 6.07 Å². The van der Waals surface area contributed by atoms with Crippen LogP contribution in [-0.4, -0.2) is 25.8 Å². The number of ether oxygens (including phenoxy) is 1. The molecule has 0 heterocycles. The third-order valence-electron chi connectivity index (χ3n) is 3.25. The van der Waals surface area contributed by atoms with Gasteiger partial charge in [0.05, 0.1) is 0 Å². The molecule has 0 spiro atoms. The Bertz CT molecular complexity index is 387. The minimum absolute atomic E-state index is 0.0539. The van der Waals surface area contributed by atoms with Crippen molar-refractivity contribution in [1.82, 2.24) is 5.32 Å². The second-order valence-corrected chi connectivity index (χ2v) is 6.23. The van der Waals surface area contributed by atoms with Crippen molar-refractivity contribution in [2.24, 2.45) is 5.92 Å². The van der Waals surface area contributed by atoms with Crippen molar-refractivity contribution in [2.45, 2.75) is 39.2 Å². The Morgan fingerprint density at radius 1 is 1.32 bits per heavy atom. The fourth-order valence-corrected chi connectivity index (χ4v) is 2.18. The Labute approximate surface area is 116 Å². The van der Waals surface area contributed by atoms with Crippen molar-refractivity contribution in [1.29, 1.82) is 0 Å². The van der Waals surface area contributed by atoms with Gasteiger partial charge in [-0.1, -0.05) is 19.1 Å². The number of hydrogen-bond donors (Lipinski definition) is 1. The van der Waals surface area contributed by atoms with Crippen molar-refractivity contribution < 1.29 is 9.13 Å². The van der Waals surface area contributed by atoms with Gasteiger partial charge in [0.1, 0.15) is 5.82 Å². The van der Waals surface area contributed by atoms with Crippen molar-refractivity contribution in [2.75, 3.05) is 20.3 Å². The lowest BCUT2D eigenvalue weighted by molar-refractivity contribution is 0.144. The number of methoxy groups -OCH3 is 1. The largest absolute Gasteiger partial charge is 0.384 e. The van der Waals surface area contributed by atoms with Crippen LogP contribution in [0.1, 0.15) is 39.2 Å². The standard InChI is InChI=1S/C16H26FNO/c1-12(11-19-5)15(10-18-16(2,3)4)13-7-6-8-14(17)9-13/h6-9,12,15,18H,10-11H2,1-5H3. The zero-order chi connectivity index (χ0) is 14.5. The van der Waals surface area contributed by atoms with E-state index in [0.717, 1.165) is 12.1 Å². The van der Waals surface area contributed by atoms with E-state index in [1.165, 1.54) is 6.07 Å². The zero-order valence-electron chi connectivity index (χ0n) is 12.7. The van der Waals surface area contributed by atoms with Gasteiger partial charge in [-0.05, 0) is 44.4 Å². The second kappa shape index (κ2) is 7.01. The molecule has 2 nitrogen and oxygen atoms in total. The second-order valence-electron chi connectivity index (χ2n) is 6.23. The molecule has 108 valence electrons. The van der Waals surface area contributed by atoms with Gasteiger partial charge in [0, 0.05) is 31.7 Å². The molecule has 0 fully saturated rings. The lowest BCUT2D eigenvalue weighted by Gasteiger charge is -2.29. The zero-order valence-corrected chi connectivity index (χ0v) is 12.7. The highest BCUT2D eigenvalue weighted by Crippen LogP contribution is 2.25. The molecule has 0 saturated carbocycles. The fraction of sp³-hybridized carbons (Fsp3) is 0.625. The van der Waals surface area contributed by atoms with Crippen LogP contribution >= 0.6 is 0 Å². The molecule has 0 aliphatic rings. The van der Waals surface area contributed by atoms with Crippen molar-refractivity contribution >= 4 is 0 Å². The Morgan fingerprint density at radius 3 is 2.53 bits per heavy atom. The van der Waals surface area contributed by atoms with Gasteiger partial charge in [0.2, 0.25) is 0 Å². The van der Waals surface area contributed by atoms with Gasteiger partial charge in [-0.15, -0.1) is 0 Å². The predicted octanol–water partition coefficient (Wildman–Crippen LogP) is 3.58. The van der Waals surface area contributed by atoms with Gasteiger partial charge in [-0.2, -0.15) is 0 Å². The molecule has 0 aromatic heterocycles. The average Bonchev–Trinajstić information content (AvgIpc) is 2.28. The van der Waals surface area contributed by atoms with Crippen molar-refractivity contribution in [3.63, 3.8) is 0 Å². The molecule has 0 aliphatic heterocycles. The minimum atomic E-state index is -0.178. The first-order valence-corrected chi connectivity index (χ1v) is 6.83. The molecular formula is C16H26FNO. The first-order valence-electron chi connectivity index (χ1n) is 6.83. The maximum absolute atomic E-state index is 13.4. The van der Waals surface area contributed by atoms with Crippen LogP contribution in [0.5, 0.6) is 0 Å². The summed E-state index contributed by atoms with van der Waals surface area (Å²) < 4.78 is 18.6. The molecule has 0 amide bonds. The highest BCUT2D eigenvalue weighted by atomic mass is 19.1. The van der Waals surface area contributed by atoms with Crippen LogP contribution in [0.25, 0.3) is 0 Å². The quantitative estimate of drug-likeness (QED) is 0.850. The number of hydrogen-bond acceptors (Lipinski definition) is 2. The summed E-state index contributed by atoms with van der Waals surface area (Å²) in [4.78, 5) is 0. The summed E-state index contributed by atoms with van der Waals surface area (Å²) in [5.41, 5.74) is 1.08. The minimum Gasteiger partial charge on any atom is -0.384 e. The van der Waals surface area contributed by atoms with Crippen molar-refractivity contribution in [3.8, 4) is 0 Å². The van der Waals surface area contributed by atoms with Gasteiger partial charge in [0.25, 0.3) is 0 Å². The molecule has 19 heavy (non-hydrogen) atoms. The molecule has 2 atom stereocenters. The predicted molar refractivity (Wildman–Crippen MR) is 77.9 cm³/mol. The molecule has 0 radical (unpaired) electrons. The van der Waals surface area contributed by atoms with Crippen molar-refractivity contribution in [3.05, 3.63) is 35.6 Å². The maximum atomic E-state index is 13.4. The SMILES string of the molecule is COCC(C)C(CNC(C)(C)C)c1cccc(F)c1. The van der Waals surface area contributed by atoms with Gasteiger partial charge in [0.15, 0.2) is 0 Å². The molecule has 3 heteroatoms. The van der Waals surface area contributed by atoms with E-state index in [9.17, 15) is 4.39 Å². The van der Waals surface area contributed by atoms with Gasteiger partial charge in [-0.25, -0.2) is 4.39 Å². The van der Waals surface area contributed by atoms with Crippen LogP contribution in [-0.2, 0) is 4.74 Å². The number of benzene rings is 1. The van der Waals surface area contributed by atoms with Crippen LogP contribution in [0.2, 0.25) is 0 Å². The molecule has 1 aromatic rings. The van der Waals surface area contributed by atoms with Gasteiger partial charge >= 0.3 is 0 Å². The highest BCUT2D eigenvalue weighted by molar-refractivity contribution is 5.22. The molecule has 0 aliphatic carbocycles. The fourth-order valence-electron chi connectivity index (χ4n) is 2.18. The summed E-state index contributed by atoms with van der Waals surface area (Å²) >= 11 is 0. The van der Waals surface area contributed by atoms with Crippen LogP contribution in [0, 0.1) is 11.7 Å². The van der Waals surface area contributed by atoms with E-state index in [0.29, 0.717) is 12.5 Å².